The highest BCUT2D eigenvalue weighted by Gasteiger charge is 2.33. The summed E-state index contributed by atoms with van der Waals surface area (Å²) in [6.45, 7) is 7.89. The van der Waals surface area contributed by atoms with Crippen molar-refractivity contribution >= 4 is 33.1 Å². The quantitative estimate of drug-likeness (QED) is 0.734. The number of amides is 1. The molecule has 0 unspecified atom stereocenters. The number of piperidine rings is 1. The van der Waals surface area contributed by atoms with Crippen molar-refractivity contribution in [1.29, 1.82) is 0 Å². The summed E-state index contributed by atoms with van der Waals surface area (Å²) in [5, 5.41) is 1.24. The van der Waals surface area contributed by atoms with Crippen molar-refractivity contribution in [2.45, 2.75) is 57.9 Å². The molecule has 0 aromatic carbocycles. The number of pyridine rings is 1. The van der Waals surface area contributed by atoms with E-state index in [1.54, 1.807) is 0 Å². The van der Waals surface area contributed by atoms with E-state index in [-0.39, 0.29) is 5.92 Å². The zero-order valence-corrected chi connectivity index (χ0v) is 19.0. The minimum absolute atomic E-state index is 0.108. The molecule has 0 spiro atoms. The summed E-state index contributed by atoms with van der Waals surface area (Å²) in [7, 11) is 0. The first-order valence-electron chi connectivity index (χ1n) is 11.8. The molecule has 2 aromatic heterocycles. The first-order valence-corrected chi connectivity index (χ1v) is 12.6. The smallest absolute Gasteiger partial charge is 0.227 e. The Balaban J connectivity index is 1.22. The normalized spacial score (nSPS) is 24.5. The second-order valence-electron chi connectivity index (χ2n) is 9.34. The van der Waals surface area contributed by atoms with Crippen molar-refractivity contribution in [1.82, 2.24) is 14.8 Å². The number of fused-ring (bicyclic) bond motifs is 1. The number of anilines is 1. The largest absolute Gasteiger partial charge is 0.355 e. The van der Waals surface area contributed by atoms with Gasteiger partial charge in [0.25, 0.3) is 0 Å². The van der Waals surface area contributed by atoms with E-state index in [9.17, 15) is 4.79 Å². The molecule has 1 atom stereocenters. The van der Waals surface area contributed by atoms with Gasteiger partial charge in [-0.2, -0.15) is 0 Å². The van der Waals surface area contributed by atoms with Crippen molar-refractivity contribution in [3.05, 3.63) is 23.2 Å². The Morgan fingerprint density at radius 3 is 2.63 bits per heavy atom. The summed E-state index contributed by atoms with van der Waals surface area (Å²) >= 11 is 1.83. The van der Waals surface area contributed by atoms with Crippen LogP contribution in [0.3, 0.4) is 0 Å². The molecule has 2 saturated heterocycles. The van der Waals surface area contributed by atoms with Gasteiger partial charge in [-0.15, -0.1) is 11.3 Å². The van der Waals surface area contributed by atoms with Crippen LogP contribution in [0.4, 0.5) is 5.82 Å². The van der Waals surface area contributed by atoms with Crippen LogP contribution >= 0.6 is 11.3 Å². The fourth-order valence-corrected chi connectivity index (χ4v) is 6.62. The number of nitrogens with zero attached hydrogens (tertiary/aromatic N) is 4. The van der Waals surface area contributed by atoms with Crippen molar-refractivity contribution < 1.29 is 4.79 Å². The molecule has 4 heterocycles. The van der Waals surface area contributed by atoms with Crippen LogP contribution in [0, 0.1) is 12.8 Å². The van der Waals surface area contributed by atoms with Gasteiger partial charge in [-0.1, -0.05) is 19.3 Å². The topological polar surface area (TPSA) is 39.7 Å². The zero-order chi connectivity index (χ0) is 20.5. The minimum Gasteiger partial charge on any atom is -0.355 e. The fourth-order valence-electron chi connectivity index (χ4n) is 5.71. The summed E-state index contributed by atoms with van der Waals surface area (Å²) in [5.41, 5.74) is 0. The maximum atomic E-state index is 13.3. The van der Waals surface area contributed by atoms with Crippen LogP contribution in [0.15, 0.2) is 18.3 Å². The number of aryl methyl sites for hydroxylation is 1. The van der Waals surface area contributed by atoms with E-state index in [1.165, 1.54) is 47.1 Å². The SMILES string of the molecule is Cc1cc2c(N3CCC[C@@H](C(=O)N4CCN(C5CCCCC5)CC4)C3)nccc2s1. The first kappa shape index (κ1) is 20.3. The molecule has 3 aliphatic rings. The third-order valence-corrected chi connectivity index (χ3v) is 8.35. The molecule has 1 aliphatic carbocycles. The molecule has 0 radical (unpaired) electrons. The van der Waals surface area contributed by atoms with Crippen LogP contribution in [0.1, 0.15) is 49.8 Å². The van der Waals surface area contributed by atoms with Gasteiger partial charge in [-0.25, -0.2) is 4.98 Å². The molecule has 162 valence electrons. The van der Waals surface area contributed by atoms with Crippen LogP contribution in [0.25, 0.3) is 10.1 Å². The van der Waals surface area contributed by atoms with E-state index in [0.717, 1.165) is 64.0 Å². The fraction of sp³-hybridized carbons (Fsp3) is 0.667. The predicted molar refractivity (Wildman–Crippen MR) is 124 cm³/mol. The Hall–Kier alpha value is -1.66. The van der Waals surface area contributed by atoms with Gasteiger partial charge >= 0.3 is 0 Å². The maximum Gasteiger partial charge on any atom is 0.227 e. The van der Waals surface area contributed by atoms with E-state index in [1.807, 2.05) is 17.5 Å². The molecule has 3 fully saturated rings. The third kappa shape index (κ3) is 4.09. The zero-order valence-electron chi connectivity index (χ0n) is 18.2. The second kappa shape index (κ2) is 8.83. The molecule has 0 N–H and O–H groups in total. The highest BCUT2D eigenvalue weighted by molar-refractivity contribution is 7.19. The molecule has 2 aliphatic heterocycles. The second-order valence-corrected chi connectivity index (χ2v) is 10.6. The maximum absolute atomic E-state index is 13.3. The number of carbonyl (C=O) groups is 1. The molecule has 2 aromatic rings. The Labute approximate surface area is 184 Å². The van der Waals surface area contributed by atoms with Crippen molar-refractivity contribution in [3.63, 3.8) is 0 Å². The lowest BCUT2D eigenvalue weighted by atomic mass is 9.93. The summed E-state index contributed by atoms with van der Waals surface area (Å²) < 4.78 is 1.30. The van der Waals surface area contributed by atoms with Gasteiger partial charge in [0.15, 0.2) is 0 Å². The number of thiophene rings is 1. The lowest BCUT2D eigenvalue weighted by molar-refractivity contribution is -0.138. The van der Waals surface area contributed by atoms with Gasteiger partial charge in [0, 0.05) is 66.5 Å². The Morgan fingerprint density at radius 1 is 1.03 bits per heavy atom. The van der Waals surface area contributed by atoms with E-state index in [2.05, 4.69) is 33.8 Å². The highest BCUT2D eigenvalue weighted by Crippen LogP contribution is 2.33. The third-order valence-electron chi connectivity index (χ3n) is 7.33. The minimum atomic E-state index is 0.108. The lowest BCUT2D eigenvalue weighted by Gasteiger charge is -2.42. The molecule has 5 rings (SSSR count). The van der Waals surface area contributed by atoms with E-state index in [0.29, 0.717) is 5.91 Å². The Kier molecular flexibility index (Phi) is 5.96. The van der Waals surface area contributed by atoms with E-state index in [4.69, 9.17) is 4.98 Å². The monoisotopic (exact) mass is 426 g/mol. The van der Waals surface area contributed by atoms with Gasteiger partial charge in [-0.3, -0.25) is 9.69 Å². The molecule has 0 bridgehead atoms. The van der Waals surface area contributed by atoms with Crippen LogP contribution in [-0.4, -0.2) is 66.0 Å². The lowest BCUT2D eigenvalue weighted by Crippen LogP contribution is -2.54. The molecule has 6 heteroatoms. The average Bonchev–Trinajstić information content (AvgIpc) is 3.19. The molecule has 30 heavy (non-hydrogen) atoms. The van der Waals surface area contributed by atoms with Crippen LogP contribution in [-0.2, 0) is 4.79 Å². The number of hydrogen-bond acceptors (Lipinski definition) is 5. The number of rotatable bonds is 3. The molecular formula is C24H34N4OS. The van der Waals surface area contributed by atoms with Gasteiger partial charge in [0.1, 0.15) is 5.82 Å². The van der Waals surface area contributed by atoms with Gasteiger partial charge in [0.2, 0.25) is 5.91 Å². The van der Waals surface area contributed by atoms with Gasteiger partial charge < -0.3 is 9.80 Å². The number of carbonyl (C=O) groups excluding carboxylic acids is 1. The van der Waals surface area contributed by atoms with E-state index < -0.39 is 0 Å². The number of piperazine rings is 1. The summed E-state index contributed by atoms with van der Waals surface area (Å²) in [5.74, 6) is 1.55. The standard InChI is InChI=1S/C24H34N4OS/c1-18-16-21-22(30-18)9-10-25-23(21)28-11-5-6-19(17-28)24(29)27-14-12-26(13-15-27)20-7-3-2-4-8-20/h9-10,16,19-20H,2-8,11-15,17H2,1H3/t19-/m1/s1. The molecule has 5 nitrogen and oxygen atoms in total. The summed E-state index contributed by atoms with van der Waals surface area (Å²) in [6, 6.07) is 5.12. The van der Waals surface area contributed by atoms with E-state index >= 15 is 0 Å². The van der Waals surface area contributed by atoms with Crippen LogP contribution in [0.5, 0.6) is 0 Å². The first-order chi connectivity index (χ1) is 14.7. The average molecular weight is 427 g/mol. The van der Waals surface area contributed by atoms with Gasteiger partial charge in [0.05, 0.1) is 5.92 Å². The number of hydrogen-bond donors (Lipinski definition) is 0. The predicted octanol–water partition coefficient (Wildman–Crippen LogP) is 4.30. The summed E-state index contributed by atoms with van der Waals surface area (Å²) in [6.07, 6.45) is 10.9. The van der Waals surface area contributed by atoms with Crippen molar-refractivity contribution in [2.75, 3.05) is 44.2 Å². The van der Waals surface area contributed by atoms with Gasteiger partial charge in [-0.05, 0) is 44.7 Å². The Bertz CT molecular complexity index is 882. The molecule has 1 saturated carbocycles. The summed E-state index contributed by atoms with van der Waals surface area (Å²) in [4.78, 5) is 26.5. The van der Waals surface area contributed by atoms with Crippen molar-refractivity contribution in [2.24, 2.45) is 5.92 Å². The molecule has 1 amide bonds. The van der Waals surface area contributed by atoms with Crippen LogP contribution in [0.2, 0.25) is 0 Å². The number of aromatic nitrogens is 1. The highest BCUT2D eigenvalue weighted by atomic mass is 32.1. The Morgan fingerprint density at radius 2 is 1.83 bits per heavy atom. The van der Waals surface area contributed by atoms with Crippen LogP contribution < -0.4 is 4.90 Å². The molecular weight excluding hydrogens is 392 g/mol. The van der Waals surface area contributed by atoms with Crippen molar-refractivity contribution in [3.8, 4) is 0 Å².